The van der Waals surface area contributed by atoms with Crippen molar-refractivity contribution in [3.8, 4) is 17.2 Å². The predicted molar refractivity (Wildman–Crippen MR) is 127 cm³/mol. The third-order valence-corrected chi connectivity index (χ3v) is 4.91. The molecular weight excluding hydrogens is 390 g/mol. The summed E-state index contributed by atoms with van der Waals surface area (Å²) in [6.45, 7) is 12.1. The number of oxime groups is 1. The van der Waals surface area contributed by atoms with Gasteiger partial charge in [0.1, 0.15) is 31.0 Å². The first-order valence-corrected chi connectivity index (χ1v) is 10.7. The molecule has 0 saturated carbocycles. The van der Waals surface area contributed by atoms with E-state index in [2.05, 4.69) is 25.9 Å². The summed E-state index contributed by atoms with van der Waals surface area (Å²) < 4.78 is 17.8. The van der Waals surface area contributed by atoms with E-state index in [4.69, 9.17) is 19.0 Å². The molecule has 0 fully saturated rings. The third-order valence-electron chi connectivity index (χ3n) is 4.91. The molecule has 0 radical (unpaired) electrons. The molecule has 5 nitrogen and oxygen atoms in total. The molecule has 2 aromatic rings. The summed E-state index contributed by atoms with van der Waals surface area (Å²) in [5, 5.41) is 3.94. The molecule has 2 aromatic carbocycles. The number of benzene rings is 2. The second kappa shape index (κ2) is 12.7. The molecule has 0 spiro atoms. The summed E-state index contributed by atoms with van der Waals surface area (Å²) in [4.78, 5) is 4.81. The molecule has 0 aliphatic carbocycles. The van der Waals surface area contributed by atoms with Gasteiger partial charge in [0.15, 0.2) is 0 Å². The van der Waals surface area contributed by atoms with Gasteiger partial charge in [-0.05, 0) is 93.1 Å². The molecule has 0 aliphatic rings. The SMILES string of the molecule is C/C=C/COc1cc(C)c(OCCC(C)COc2ccc(C(C)=NOC)cc2)c(C)c1. The van der Waals surface area contributed by atoms with Gasteiger partial charge >= 0.3 is 0 Å². The van der Waals surface area contributed by atoms with E-state index in [0.29, 0.717) is 25.7 Å². The lowest BCUT2D eigenvalue weighted by Gasteiger charge is -2.17. The number of aryl methyl sites for hydroxylation is 2. The van der Waals surface area contributed by atoms with Gasteiger partial charge in [0.05, 0.1) is 18.9 Å². The van der Waals surface area contributed by atoms with Gasteiger partial charge in [-0.1, -0.05) is 24.2 Å². The zero-order valence-corrected chi connectivity index (χ0v) is 19.6. The summed E-state index contributed by atoms with van der Waals surface area (Å²) in [5.74, 6) is 3.04. The van der Waals surface area contributed by atoms with E-state index in [1.165, 1.54) is 0 Å². The van der Waals surface area contributed by atoms with Crippen molar-refractivity contribution in [1.29, 1.82) is 0 Å². The monoisotopic (exact) mass is 425 g/mol. The van der Waals surface area contributed by atoms with Gasteiger partial charge in [-0.25, -0.2) is 0 Å². The molecule has 0 N–H and O–H groups in total. The highest BCUT2D eigenvalue weighted by molar-refractivity contribution is 5.98. The zero-order valence-electron chi connectivity index (χ0n) is 19.6. The molecule has 0 saturated heterocycles. The normalized spacial score (nSPS) is 12.6. The number of nitrogens with zero attached hydrogens (tertiary/aromatic N) is 1. The van der Waals surface area contributed by atoms with Crippen molar-refractivity contribution < 1.29 is 19.0 Å². The molecule has 0 amide bonds. The maximum atomic E-state index is 6.09. The molecule has 5 heteroatoms. The Kier molecular flexibility index (Phi) is 9.95. The van der Waals surface area contributed by atoms with Crippen LogP contribution in [-0.2, 0) is 4.84 Å². The highest BCUT2D eigenvalue weighted by Crippen LogP contribution is 2.29. The van der Waals surface area contributed by atoms with Crippen LogP contribution in [0.3, 0.4) is 0 Å². The molecule has 1 atom stereocenters. The van der Waals surface area contributed by atoms with E-state index in [1.807, 2.05) is 62.4 Å². The molecule has 0 aliphatic heterocycles. The summed E-state index contributed by atoms with van der Waals surface area (Å²) in [7, 11) is 1.55. The van der Waals surface area contributed by atoms with Crippen molar-refractivity contribution >= 4 is 5.71 Å². The van der Waals surface area contributed by atoms with Gasteiger partial charge in [0.2, 0.25) is 0 Å². The van der Waals surface area contributed by atoms with E-state index in [-0.39, 0.29) is 0 Å². The van der Waals surface area contributed by atoms with Crippen LogP contribution in [0.2, 0.25) is 0 Å². The maximum Gasteiger partial charge on any atom is 0.125 e. The Hall–Kier alpha value is -2.95. The van der Waals surface area contributed by atoms with Gasteiger partial charge in [-0.2, -0.15) is 0 Å². The number of rotatable bonds is 12. The summed E-state index contributed by atoms with van der Waals surface area (Å²) in [6, 6.07) is 11.9. The highest BCUT2D eigenvalue weighted by atomic mass is 16.6. The number of hydrogen-bond acceptors (Lipinski definition) is 5. The van der Waals surface area contributed by atoms with Crippen molar-refractivity contribution in [2.75, 3.05) is 26.9 Å². The largest absolute Gasteiger partial charge is 0.493 e. The van der Waals surface area contributed by atoms with E-state index in [9.17, 15) is 0 Å². The number of ether oxygens (including phenoxy) is 3. The first-order valence-electron chi connectivity index (χ1n) is 10.7. The van der Waals surface area contributed by atoms with Crippen LogP contribution >= 0.6 is 0 Å². The Morgan fingerprint density at radius 2 is 1.68 bits per heavy atom. The summed E-state index contributed by atoms with van der Waals surface area (Å²) in [6.07, 6.45) is 4.88. The summed E-state index contributed by atoms with van der Waals surface area (Å²) >= 11 is 0. The van der Waals surface area contributed by atoms with Crippen LogP contribution in [0.15, 0.2) is 53.7 Å². The Morgan fingerprint density at radius 1 is 1.00 bits per heavy atom. The smallest absolute Gasteiger partial charge is 0.125 e. The molecule has 0 aromatic heterocycles. The lowest BCUT2D eigenvalue weighted by Crippen LogP contribution is -2.13. The third kappa shape index (κ3) is 8.00. The van der Waals surface area contributed by atoms with Crippen molar-refractivity contribution in [3.63, 3.8) is 0 Å². The molecular formula is C26H35NO4. The van der Waals surface area contributed by atoms with Crippen LogP contribution in [0.4, 0.5) is 0 Å². The van der Waals surface area contributed by atoms with Crippen molar-refractivity contribution in [3.05, 3.63) is 65.2 Å². The Bertz CT molecular complexity index is 848. The number of hydrogen-bond donors (Lipinski definition) is 0. The molecule has 2 rings (SSSR count). The lowest BCUT2D eigenvalue weighted by atomic mass is 10.1. The van der Waals surface area contributed by atoms with E-state index < -0.39 is 0 Å². The van der Waals surface area contributed by atoms with Gasteiger partial charge in [0.25, 0.3) is 0 Å². The van der Waals surface area contributed by atoms with Gasteiger partial charge in [-0.3, -0.25) is 0 Å². The minimum atomic E-state index is 0.375. The van der Waals surface area contributed by atoms with Crippen molar-refractivity contribution in [2.45, 2.75) is 41.0 Å². The van der Waals surface area contributed by atoms with E-state index >= 15 is 0 Å². The Balaban J connectivity index is 1.79. The van der Waals surface area contributed by atoms with Crippen LogP contribution in [0.5, 0.6) is 17.2 Å². The van der Waals surface area contributed by atoms with E-state index in [1.54, 1.807) is 7.11 Å². The molecule has 0 bridgehead atoms. The fourth-order valence-corrected chi connectivity index (χ4v) is 3.13. The lowest BCUT2D eigenvalue weighted by molar-refractivity contribution is 0.213. The van der Waals surface area contributed by atoms with Crippen LogP contribution < -0.4 is 14.2 Å². The predicted octanol–water partition coefficient (Wildman–Crippen LogP) is 6.11. The van der Waals surface area contributed by atoms with Crippen molar-refractivity contribution in [1.82, 2.24) is 0 Å². The van der Waals surface area contributed by atoms with Crippen molar-refractivity contribution in [2.24, 2.45) is 11.1 Å². The maximum absolute atomic E-state index is 6.09. The van der Waals surface area contributed by atoms with Crippen LogP contribution in [0.25, 0.3) is 0 Å². The zero-order chi connectivity index (χ0) is 22.6. The quantitative estimate of drug-likeness (QED) is 0.234. The molecule has 168 valence electrons. The molecule has 1 unspecified atom stereocenters. The average molecular weight is 426 g/mol. The fourth-order valence-electron chi connectivity index (χ4n) is 3.13. The van der Waals surface area contributed by atoms with E-state index in [0.717, 1.165) is 46.1 Å². The average Bonchev–Trinajstić information content (AvgIpc) is 2.75. The van der Waals surface area contributed by atoms with Crippen LogP contribution in [0, 0.1) is 19.8 Å². The second-order valence-electron chi connectivity index (χ2n) is 7.70. The minimum Gasteiger partial charge on any atom is -0.493 e. The Morgan fingerprint density at radius 3 is 2.29 bits per heavy atom. The Labute approximate surface area is 186 Å². The highest BCUT2D eigenvalue weighted by Gasteiger charge is 2.10. The fraction of sp³-hybridized carbons (Fsp3) is 0.423. The summed E-state index contributed by atoms with van der Waals surface area (Å²) in [5.41, 5.74) is 4.03. The van der Waals surface area contributed by atoms with Crippen LogP contribution in [0.1, 0.15) is 43.9 Å². The topological polar surface area (TPSA) is 49.3 Å². The standard InChI is InChI=1S/C26H35NO4/c1-7-8-14-29-25-16-20(3)26(21(4)17-25)30-15-13-19(2)18-31-24-11-9-23(10-12-24)22(5)27-28-6/h7-12,16-17,19H,13-15,18H2,1-6H3/b8-7+,27-22?. The number of allylic oxidation sites excluding steroid dienone is 1. The van der Waals surface area contributed by atoms with Crippen LogP contribution in [-0.4, -0.2) is 32.6 Å². The minimum absolute atomic E-state index is 0.375. The van der Waals surface area contributed by atoms with Gasteiger partial charge in [0, 0.05) is 0 Å². The second-order valence-corrected chi connectivity index (χ2v) is 7.70. The van der Waals surface area contributed by atoms with Gasteiger partial charge < -0.3 is 19.0 Å². The first-order chi connectivity index (χ1) is 14.9. The first kappa shape index (κ1) is 24.3. The van der Waals surface area contributed by atoms with Gasteiger partial charge in [-0.15, -0.1) is 0 Å². The molecule has 31 heavy (non-hydrogen) atoms. The molecule has 0 heterocycles.